The van der Waals surface area contributed by atoms with E-state index >= 15 is 0 Å². The van der Waals surface area contributed by atoms with Gasteiger partial charge >= 0.3 is 6.18 Å². The molecule has 0 bridgehead atoms. The van der Waals surface area contributed by atoms with Crippen molar-refractivity contribution in [3.05, 3.63) is 58.9 Å². The molecule has 7 heteroatoms. The zero-order valence-corrected chi connectivity index (χ0v) is 11.3. The van der Waals surface area contributed by atoms with Crippen LogP contribution in [0, 0.1) is 24.1 Å². The molecule has 0 amide bonds. The zero-order valence-electron chi connectivity index (χ0n) is 11.3. The molecule has 23 heavy (non-hydrogen) atoms. The Labute approximate surface area is 131 Å². The van der Waals surface area contributed by atoms with Crippen LogP contribution in [0.2, 0.25) is 0 Å². The van der Waals surface area contributed by atoms with E-state index in [9.17, 15) is 17.6 Å². The SMILES string of the molecule is C.Cc1ccc(O)cc1C(F)(F)F.N#Cc1ccc(O)cc1F. The third-order valence-electron chi connectivity index (χ3n) is 2.60. The molecule has 0 saturated heterocycles. The molecule has 2 aromatic carbocycles. The van der Waals surface area contributed by atoms with E-state index in [2.05, 4.69) is 0 Å². The molecule has 0 aromatic heterocycles. The second kappa shape index (κ2) is 8.03. The van der Waals surface area contributed by atoms with Crippen molar-refractivity contribution >= 4 is 0 Å². The summed E-state index contributed by atoms with van der Waals surface area (Å²) < 4.78 is 48.8. The van der Waals surface area contributed by atoms with Crippen molar-refractivity contribution in [3.63, 3.8) is 0 Å². The Bertz CT molecular complexity index is 706. The van der Waals surface area contributed by atoms with Crippen molar-refractivity contribution in [1.29, 1.82) is 5.26 Å². The highest BCUT2D eigenvalue weighted by Crippen LogP contribution is 2.33. The molecule has 2 aromatic rings. The summed E-state index contributed by atoms with van der Waals surface area (Å²) in [7, 11) is 0. The second-order valence-corrected chi connectivity index (χ2v) is 4.27. The van der Waals surface area contributed by atoms with Gasteiger partial charge in [0.25, 0.3) is 0 Å². The van der Waals surface area contributed by atoms with Crippen LogP contribution in [-0.4, -0.2) is 10.2 Å². The highest BCUT2D eigenvalue weighted by atomic mass is 19.4. The molecule has 0 aliphatic carbocycles. The van der Waals surface area contributed by atoms with Crippen LogP contribution in [0.3, 0.4) is 0 Å². The Morgan fingerprint density at radius 2 is 1.52 bits per heavy atom. The molecule has 0 unspecified atom stereocenters. The van der Waals surface area contributed by atoms with E-state index in [0.29, 0.717) is 0 Å². The maximum Gasteiger partial charge on any atom is 0.416 e. The fourth-order valence-corrected chi connectivity index (χ4v) is 1.51. The molecular formula is C16H15F4NO2. The topological polar surface area (TPSA) is 64.2 Å². The Morgan fingerprint density at radius 3 is 1.96 bits per heavy atom. The number of halogens is 4. The predicted molar refractivity (Wildman–Crippen MR) is 77.4 cm³/mol. The van der Waals surface area contributed by atoms with Crippen molar-refractivity contribution in [2.75, 3.05) is 0 Å². The normalized spacial score (nSPS) is 9.91. The molecule has 2 rings (SSSR count). The summed E-state index contributed by atoms with van der Waals surface area (Å²) >= 11 is 0. The van der Waals surface area contributed by atoms with Crippen molar-refractivity contribution in [2.24, 2.45) is 0 Å². The van der Waals surface area contributed by atoms with Gasteiger partial charge in [0.05, 0.1) is 11.1 Å². The number of nitriles is 1. The number of aryl methyl sites for hydroxylation is 1. The molecule has 0 aliphatic rings. The highest BCUT2D eigenvalue weighted by molar-refractivity contribution is 5.36. The first kappa shape index (κ1) is 20.2. The van der Waals surface area contributed by atoms with E-state index in [1.807, 2.05) is 0 Å². The van der Waals surface area contributed by atoms with Gasteiger partial charge in [-0.15, -0.1) is 0 Å². The van der Waals surface area contributed by atoms with Crippen molar-refractivity contribution in [3.8, 4) is 17.6 Å². The van der Waals surface area contributed by atoms with E-state index < -0.39 is 17.6 Å². The summed E-state index contributed by atoms with van der Waals surface area (Å²) in [4.78, 5) is 0. The van der Waals surface area contributed by atoms with E-state index in [-0.39, 0.29) is 30.1 Å². The highest BCUT2D eigenvalue weighted by Gasteiger charge is 2.32. The minimum Gasteiger partial charge on any atom is -0.508 e. The van der Waals surface area contributed by atoms with Crippen LogP contribution in [-0.2, 0) is 6.18 Å². The van der Waals surface area contributed by atoms with E-state index in [4.69, 9.17) is 15.5 Å². The van der Waals surface area contributed by atoms with E-state index in [1.54, 1.807) is 6.07 Å². The van der Waals surface area contributed by atoms with Crippen LogP contribution in [0.1, 0.15) is 24.1 Å². The summed E-state index contributed by atoms with van der Waals surface area (Å²) in [6.07, 6.45) is -4.39. The van der Waals surface area contributed by atoms with Crippen molar-refractivity contribution in [2.45, 2.75) is 20.5 Å². The number of nitrogens with zero attached hydrogens (tertiary/aromatic N) is 1. The zero-order chi connectivity index (χ0) is 16.9. The Morgan fingerprint density at radius 1 is 1.00 bits per heavy atom. The molecule has 0 heterocycles. The van der Waals surface area contributed by atoms with Crippen LogP contribution in [0.5, 0.6) is 11.5 Å². The van der Waals surface area contributed by atoms with Gasteiger partial charge < -0.3 is 10.2 Å². The summed E-state index contributed by atoms with van der Waals surface area (Å²) in [6.45, 7) is 1.35. The van der Waals surface area contributed by atoms with Crippen LogP contribution in [0.25, 0.3) is 0 Å². The molecular weight excluding hydrogens is 314 g/mol. The maximum absolute atomic E-state index is 12.5. The molecule has 0 atom stereocenters. The molecule has 0 spiro atoms. The Balaban J connectivity index is 0.000000409. The molecule has 0 radical (unpaired) electrons. The third-order valence-corrected chi connectivity index (χ3v) is 2.60. The Kier molecular flexibility index (Phi) is 7.07. The molecule has 2 N–H and O–H groups in total. The van der Waals surface area contributed by atoms with E-state index in [0.717, 1.165) is 12.1 Å². The average Bonchev–Trinajstić information content (AvgIpc) is 2.41. The summed E-state index contributed by atoms with van der Waals surface area (Å²) in [5.41, 5.74) is -0.736. The average molecular weight is 329 g/mol. The molecule has 0 fully saturated rings. The van der Waals surface area contributed by atoms with Crippen molar-refractivity contribution in [1.82, 2.24) is 0 Å². The Hall–Kier alpha value is -2.75. The first-order valence-corrected chi connectivity index (χ1v) is 5.90. The van der Waals surface area contributed by atoms with Gasteiger partial charge in [0, 0.05) is 6.07 Å². The number of hydrogen-bond acceptors (Lipinski definition) is 3. The fraction of sp³-hybridized carbons (Fsp3) is 0.188. The van der Waals surface area contributed by atoms with Crippen LogP contribution < -0.4 is 0 Å². The predicted octanol–water partition coefficient (Wildman–Crippen LogP) is 4.76. The lowest BCUT2D eigenvalue weighted by Crippen LogP contribution is -2.06. The summed E-state index contributed by atoms with van der Waals surface area (Å²) in [6, 6.07) is 8.21. The minimum absolute atomic E-state index is 0. The standard InChI is InChI=1S/C8H7F3O.C7H4FNO.CH4/c1-5-2-3-6(12)4-7(5)8(9,10)11;8-7-3-6(10)2-1-5(7)4-9;/h2-4,12H,1H3;1-3,10H;1H4. The van der Waals surface area contributed by atoms with Gasteiger partial charge in [-0.3, -0.25) is 0 Å². The fourth-order valence-electron chi connectivity index (χ4n) is 1.51. The second-order valence-electron chi connectivity index (χ2n) is 4.27. The van der Waals surface area contributed by atoms with Crippen LogP contribution in [0.4, 0.5) is 17.6 Å². The lowest BCUT2D eigenvalue weighted by molar-refractivity contribution is -0.138. The molecule has 124 valence electrons. The number of rotatable bonds is 0. The first-order chi connectivity index (χ1) is 10.1. The lowest BCUT2D eigenvalue weighted by Gasteiger charge is -2.09. The lowest BCUT2D eigenvalue weighted by atomic mass is 10.1. The monoisotopic (exact) mass is 329 g/mol. The van der Waals surface area contributed by atoms with Crippen molar-refractivity contribution < 1.29 is 27.8 Å². The molecule has 3 nitrogen and oxygen atoms in total. The first-order valence-electron chi connectivity index (χ1n) is 5.90. The number of phenols is 2. The van der Waals surface area contributed by atoms with Gasteiger partial charge in [-0.2, -0.15) is 18.4 Å². The molecule has 0 aliphatic heterocycles. The number of benzene rings is 2. The van der Waals surface area contributed by atoms with Gasteiger partial charge in [0.2, 0.25) is 0 Å². The van der Waals surface area contributed by atoms with Gasteiger partial charge in [-0.25, -0.2) is 4.39 Å². The quantitative estimate of drug-likeness (QED) is 0.685. The van der Waals surface area contributed by atoms with Gasteiger partial charge in [0.1, 0.15) is 23.4 Å². The number of alkyl halides is 3. The van der Waals surface area contributed by atoms with Crippen LogP contribution >= 0.6 is 0 Å². The minimum atomic E-state index is -4.39. The number of aromatic hydroxyl groups is 2. The van der Waals surface area contributed by atoms with Gasteiger partial charge in [-0.1, -0.05) is 13.5 Å². The maximum atomic E-state index is 12.5. The smallest absolute Gasteiger partial charge is 0.416 e. The summed E-state index contributed by atoms with van der Waals surface area (Å²) in [5.74, 6) is -1.23. The van der Waals surface area contributed by atoms with Gasteiger partial charge in [0.15, 0.2) is 0 Å². The van der Waals surface area contributed by atoms with Gasteiger partial charge in [-0.05, 0) is 36.8 Å². The number of phenolic OH excluding ortho intramolecular Hbond substituents is 2. The molecule has 0 saturated carbocycles. The van der Waals surface area contributed by atoms with Crippen LogP contribution in [0.15, 0.2) is 36.4 Å². The third kappa shape index (κ3) is 5.87. The number of hydrogen-bond donors (Lipinski definition) is 2. The van der Waals surface area contributed by atoms with E-state index in [1.165, 1.54) is 31.2 Å². The summed E-state index contributed by atoms with van der Waals surface area (Å²) in [5, 5.41) is 25.7. The largest absolute Gasteiger partial charge is 0.508 e.